The van der Waals surface area contributed by atoms with E-state index in [-0.39, 0.29) is 0 Å². The van der Waals surface area contributed by atoms with Crippen LogP contribution in [0.25, 0.3) is 0 Å². The molecule has 1 rings (SSSR count). The SMILES string of the molecule is CCOc1cccc(CCC(C)C)c1. The lowest BCUT2D eigenvalue weighted by molar-refractivity contribution is 0.340. The van der Waals surface area contributed by atoms with E-state index >= 15 is 0 Å². The topological polar surface area (TPSA) is 9.23 Å². The quantitative estimate of drug-likeness (QED) is 0.691. The molecule has 0 heterocycles. The summed E-state index contributed by atoms with van der Waals surface area (Å²) in [5.74, 6) is 1.76. The maximum Gasteiger partial charge on any atom is 0.119 e. The van der Waals surface area contributed by atoms with Crippen molar-refractivity contribution in [1.82, 2.24) is 0 Å². The largest absolute Gasteiger partial charge is 0.494 e. The van der Waals surface area contributed by atoms with Crippen molar-refractivity contribution >= 4 is 0 Å². The molecule has 0 saturated heterocycles. The van der Waals surface area contributed by atoms with Crippen LogP contribution in [0.3, 0.4) is 0 Å². The maximum absolute atomic E-state index is 5.45. The van der Waals surface area contributed by atoms with Gasteiger partial charge < -0.3 is 4.74 Å². The average Bonchev–Trinajstić information content (AvgIpc) is 2.16. The van der Waals surface area contributed by atoms with E-state index < -0.39 is 0 Å². The van der Waals surface area contributed by atoms with Gasteiger partial charge >= 0.3 is 0 Å². The van der Waals surface area contributed by atoms with Gasteiger partial charge in [-0.05, 0) is 43.4 Å². The second kappa shape index (κ2) is 5.69. The molecular weight excluding hydrogens is 172 g/mol. The highest BCUT2D eigenvalue weighted by Gasteiger charge is 1.98. The van der Waals surface area contributed by atoms with Crippen LogP contribution in [0.2, 0.25) is 0 Å². The molecule has 1 aromatic rings. The fourth-order valence-electron chi connectivity index (χ4n) is 1.41. The van der Waals surface area contributed by atoms with Crippen LogP contribution in [0.4, 0.5) is 0 Å². The zero-order valence-electron chi connectivity index (χ0n) is 9.42. The Bertz CT molecular complexity index is 266. The summed E-state index contributed by atoms with van der Waals surface area (Å²) in [4.78, 5) is 0. The molecule has 0 aliphatic heterocycles. The Balaban J connectivity index is 2.54. The Labute approximate surface area is 87.1 Å². The lowest BCUT2D eigenvalue weighted by Gasteiger charge is -2.07. The molecule has 0 fully saturated rings. The third kappa shape index (κ3) is 3.82. The van der Waals surface area contributed by atoms with Crippen LogP contribution >= 0.6 is 0 Å². The van der Waals surface area contributed by atoms with Gasteiger partial charge in [-0.25, -0.2) is 0 Å². The molecule has 0 bridgehead atoms. The minimum atomic E-state index is 0.744. The van der Waals surface area contributed by atoms with Crippen LogP contribution in [0.5, 0.6) is 5.75 Å². The van der Waals surface area contributed by atoms with Crippen molar-refractivity contribution in [3.05, 3.63) is 29.8 Å². The van der Waals surface area contributed by atoms with Crippen molar-refractivity contribution in [2.24, 2.45) is 5.92 Å². The first-order valence-corrected chi connectivity index (χ1v) is 5.44. The molecule has 0 radical (unpaired) electrons. The first kappa shape index (κ1) is 11.1. The zero-order chi connectivity index (χ0) is 10.4. The Morgan fingerprint density at radius 2 is 2.07 bits per heavy atom. The van der Waals surface area contributed by atoms with Crippen molar-refractivity contribution in [1.29, 1.82) is 0 Å². The summed E-state index contributed by atoms with van der Waals surface area (Å²) in [6.45, 7) is 7.27. The van der Waals surface area contributed by atoms with Crippen LogP contribution in [0, 0.1) is 5.92 Å². The first-order valence-electron chi connectivity index (χ1n) is 5.44. The molecule has 0 atom stereocenters. The monoisotopic (exact) mass is 192 g/mol. The average molecular weight is 192 g/mol. The van der Waals surface area contributed by atoms with E-state index in [2.05, 4.69) is 32.0 Å². The van der Waals surface area contributed by atoms with Gasteiger partial charge in [0.2, 0.25) is 0 Å². The lowest BCUT2D eigenvalue weighted by Crippen LogP contribution is -1.94. The number of hydrogen-bond donors (Lipinski definition) is 0. The fourth-order valence-corrected chi connectivity index (χ4v) is 1.41. The maximum atomic E-state index is 5.45. The summed E-state index contributed by atoms with van der Waals surface area (Å²) in [5.41, 5.74) is 1.38. The molecule has 0 N–H and O–H groups in total. The molecule has 1 heteroatoms. The van der Waals surface area contributed by atoms with Crippen molar-refractivity contribution in [3.63, 3.8) is 0 Å². The summed E-state index contributed by atoms with van der Waals surface area (Å²) in [7, 11) is 0. The van der Waals surface area contributed by atoms with E-state index in [0.717, 1.165) is 24.7 Å². The van der Waals surface area contributed by atoms with Gasteiger partial charge in [0.25, 0.3) is 0 Å². The first-order chi connectivity index (χ1) is 6.72. The highest BCUT2D eigenvalue weighted by atomic mass is 16.5. The molecule has 0 aromatic heterocycles. The highest BCUT2D eigenvalue weighted by Crippen LogP contribution is 2.16. The van der Waals surface area contributed by atoms with Crippen LogP contribution < -0.4 is 4.74 Å². The van der Waals surface area contributed by atoms with Crippen LogP contribution in [0.1, 0.15) is 32.8 Å². The fraction of sp³-hybridized carbons (Fsp3) is 0.538. The lowest BCUT2D eigenvalue weighted by atomic mass is 10.0. The molecular formula is C13H20O. The molecule has 78 valence electrons. The van der Waals surface area contributed by atoms with Gasteiger partial charge in [0.15, 0.2) is 0 Å². The van der Waals surface area contributed by atoms with Gasteiger partial charge in [0.05, 0.1) is 6.61 Å². The number of hydrogen-bond acceptors (Lipinski definition) is 1. The van der Waals surface area contributed by atoms with Crippen LogP contribution in [0.15, 0.2) is 24.3 Å². The number of aryl methyl sites for hydroxylation is 1. The molecule has 14 heavy (non-hydrogen) atoms. The van der Waals surface area contributed by atoms with Crippen molar-refractivity contribution in [2.75, 3.05) is 6.61 Å². The summed E-state index contributed by atoms with van der Waals surface area (Å²) in [6, 6.07) is 8.40. The molecule has 0 amide bonds. The highest BCUT2D eigenvalue weighted by molar-refractivity contribution is 5.28. The van der Waals surface area contributed by atoms with E-state index in [4.69, 9.17) is 4.74 Å². The summed E-state index contributed by atoms with van der Waals surface area (Å²) in [6.07, 6.45) is 2.40. The Morgan fingerprint density at radius 1 is 1.29 bits per heavy atom. The van der Waals surface area contributed by atoms with Crippen molar-refractivity contribution in [3.8, 4) is 5.75 Å². The molecule has 1 aromatic carbocycles. The third-order valence-electron chi connectivity index (χ3n) is 2.22. The smallest absolute Gasteiger partial charge is 0.119 e. The second-order valence-corrected chi connectivity index (χ2v) is 4.01. The molecule has 0 spiro atoms. The minimum absolute atomic E-state index is 0.744. The predicted octanol–water partition coefficient (Wildman–Crippen LogP) is 3.67. The molecule has 0 aliphatic carbocycles. The third-order valence-corrected chi connectivity index (χ3v) is 2.22. The Kier molecular flexibility index (Phi) is 4.51. The molecule has 0 saturated carbocycles. The zero-order valence-corrected chi connectivity index (χ0v) is 9.42. The molecule has 1 nitrogen and oxygen atoms in total. The van der Waals surface area contributed by atoms with E-state index in [1.807, 2.05) is 13.0 Å². The molecule has 0 aliphatic rings. The van der Waals surface area contributed by atoms with Crippen molar-refractivity contribution < 1.29 is 4.74 Å². The van der Waals surface area contributed by atoms with Gasteiger partial charge in [-0.15, -0.1) is 0 Å². The van der Waals surface area contributed by atoms with E-state index in [1.54, 1.807) is 0 Å². The Morgan fingerprint density at radius 3 is 2.71 bits per heavy atom. The van der Waals surface area contributed by atoms with Crippen molar-refractivity contribution in [2.45, 2.75) is 33.6 Å². The van der Waals surface area contributed by atoms with Gasteiger partial charge in [0.1, 0.15) is 5.75 Å². The summed E-state index contributed by atoms with van der Waals surface area (Å²) in [5, 5.41) is 0. The van der Waals surface area contributed by atoms with Gasteiger partial charge in [0, 0.05) is 0 Å². The van der Waals surface area contributed by atoms with Crippen LogP contribution in [-0.2, 0) is 6.42 Å². The van der Waals surface area contributed by atoms with E-state index in [0.29, 0.717) is 0 Å². The van der Waals surface area contributed by atoms with Crippen LogP contribution in [-0.4, -0.2) is 6.61 Å². The standard InChI is InChI=1S/C13H20O/c1-4-14-13-7-5-6-12(10-13)9-8-11(2)3/h5-7,10-11H,4,8-9H2,1-3H3. The normalized spacial score (nSPS) is 10.6. The number of rotatable bonds is 5. The summed E-state index contributed by atoms with van der Waals surface area (Å²) >= 11 is 0. The number of ether oxygens (including phenoxy) is 1. The number of benzene rings is 1. The second-order valence-electron chi connectivity index (χ2n) is 4.01. The van der Waals surface area contributed by atoms with Gasteiger partial charge in [-0.2, -0.15) is 0 Å². The van der Waals surface area contributed by atoms with Gasteiger partial charge in [-0.1, -0.05) is 26.0 Å². The summed E-state index contributed by atoms with van der Waals surface area (Å²) < 4.78 is 5.45. The van der Waals surface area contributed by atoms with E-state index in [9.17, 15) is 0 Å². The van der Waals surface area contributed by atoms with E-state index in [1.165, 1.54) is 12.0 Å². The molecule has 0 unspecified atom stereocenters. The Hall–Kier alpha value is -0.980. The van der Waals surface area contributed by atoms with Gasteiger partial charge in [-0.3, -0.25) is 0 Å². The minimum Gasteiger partial charge on any atom is -0.494 e. The predicted molar refractivity (Wildman–Crippen MR) is 60.8 cm³/mol.